The maximum absolute atomic E-state index is 12.1. The van der Waals surface area contributed by atoms with Crippen molar-refractivity contribution in [1.82, 2.24) is 9.88 Å². The van der Waals surface area contributed by atoms with Gasteiger partial charge in [-0.3, -0.25) is 5.43 Å². The number of hydrogen-bond donors (Lipinski definition) is 1. The minimum atomic E-state index is -0.352. The Kier molecular flexibility index (Phi) is 8.53. The van der Waals surface area contributed by atoms with E-state index >= 15 is 0 Å². The number of hydrazone groups is 1. The van der Waals surface area contributed by atoms with Crippen molar-refractivity contribution in [2.75, 3.05) is 76.1 Å². The summed E-state index contributed by atoms with van der Waals surface area (Å²) in [7, 11) is 0. The second-order valence-corrected chi connectivity index (χ2v) is 7.99. The summed E-state index contributed by atoms with van der Waals surface area (Å²) in [5, 5.41) is 4.33. The van der Waals surface area contributed by atoms with Gasteiger partial charge >= 0.3 is 6.09 Å². The molecule has 2 aromatic rings. The third kappa shape index (κ3) is 7.06. The van der Waals surface area contributed by atoms with Gasteiger partial charge in [0, 0.05) is 44.0 Å². The second-order valence-electron chi connectivity index (χ2n) is 7.99. The third-order valence-corrected chi connectivity index (χ3v) is 5.43. The summed E-state index contributed by atoms with van der Waals surface area (Å²) in [5.74, 6) is 0.993. The first-order valence-electron chi connectivity index (χ1n) is 11.5. The van der Waals surface area contributed by atoms with Gasteiger partial charge in [0.2, 0.25) is 5.88 Å². The Morgan fingerprint density at radius 3 is 2.62 bits per heavy atom. The third-order valence-electron chi connectivity index (χ3n) is 5.43. The summed E-state index contributed by atoms with van der Waals surface area (Å²) in [6, 6.07) is 11.9. The molecular formula is C24H31N5O5. The van der Waals surface area contributed by atoms with Crippen molar-refractivity contribution < 1.29 is 23.7 Å². The van der Waals surface area contributed by atoms with Crippen molar-refractivity contribution in [2.45, 2.75) is 6.92 Å². The van der Waals surface area contributed by atoms with Gasteiger partial charge in [0.25, 0.3) is 0 Å². The molecule has 10 heteroatoms. The SMILES string of the molecule is Cc1cccc(/C=N/Nc2cc(N3CCOCC3)cc(OCCOC(=O)N3CCOCC3)n2)c1. The summed E-state index contributed by atoms with van der Waals surface area (Å²) >= 11 is 0. The first kappa shape index (κ1) is 23.8. The number of nitrogens with one attached hydrogen (secondary N) is 1. The Morgan fingerprint density at radius 1 is 1.09 bits per heavy atom. The Bertz CT molecular complexity index is 974. The van der Waals surface area contributed by atoms with Crippen LogP contribution in [0, 0.1) is 6.92 Å². The van der Waals surface area contributed by atoms with Crippen LogP contribution in [0.3, 0.4) is 0 Å². The molecule has 0 atom stereocenters. The molecule has 10 nitrogen and oxygen atoms in total. The lowest BCUT2D eigenvalue weighted by molar-refractivity contribution is 0.0238. The zero-order valence-electron chi connectivity index (χ0n) is 19.4. The van der Waals surface area contributed by atoms with Crippen molar-refractivity contribution in [3.8, 4) is 5.88 Å². The van der Waals surface area contributed by atoms with Crippen molar-refractivity contribution >= 4 is 23.8 Å². The molecule has 34 heavy (non-hydrogen) atoms. The number of anilines is 2. The van der Waals surface area contributed by atoms with E-state index in [1.807, 2.05) is 37.3 Å². The van der Waals surface area contributed by atoms with Gasteiger partial charge in [0.05, 0.1) is 32.6 Å². The predicted molar refractivity (Wildman–Crippen MR) is 129 cm³/mol. The first-order chi connectivity index (χ1) is 16.7. The lowest BCUT2D eigenvalue weighted by Gasteiger charge is -2.29. The van der Waals surface area contributed by atoms with E-state index in [0.29, 0.717) is 51.2 Å². The Balaban J connectivity index is 1.37. The molecule has 1 aromatic heterocycles. The number of rotatable bonds is 8. The number of amides is 1. The van der Waals surface area contributed by atoms with E-state index in [2.05, 4.69) is 26.5 Å². The van der Waals surface area contributed by atoms with Gasteiger partial charge in [0.15, 0.2) is 5.82 Å². The van der Waals surface area contributed by atoms with Crippen LogP contribution >= 0.6 is 0 Å². The molecule has 0 unspecified atom stereocenters. The zero-order valence-corrected chi connectivity index (χ0v) is 19.4. The first-order valence-corrected chi connectivity index (χ1v) is 11.5. The van der Waals surface area contributed by atoms with Crippen LogP contribution in [0.4, 0.5) is 16.3 Å². The van der Waals surface area contributed by atoms with Crippen molar-refractivity contribution in [3.05, 3.63) is 47.5 Å². The molecule has 2 fully saturated rings. The number of benzene rings is 1. The van der Waals surface area contributed by atoms with Crippen LogP contribution in [0.2, 0.25) is 0 Å². The molecule has 1 amide bonds. The number of pyridine rings is 1. The number of nitrogens with zero attached hydrogens (tertiary/aromatic N) is 4. The molecule has 1 aromatic carbocycles. The van der Waals surface area contributed by atoms with Crippen molar-refractivity contribution in [3.63, 3.8) is 0 Å². The summed E-state index contributed by atoms with van der Waals surface area (Å²) in [4.78, 5) is 20.5. The van der Waals surface area contributed by atoms with E-state index in [0.717, 1.165) is 24.3 Å². The van der Waals surface area contributed by atoms with Gasteiger partial charge in [-0.05, 0) is 12.5 Å². The minimum Gasteiger partial charge on any atom is -0.474 e. The number of morpholine rings is 2. The Labute approximate surface area is 199 Å². The molecule has 1 N–H and O–H groups in total. The van der Waals surface area contributed by atoms with Crippen molar-refractivity contribution in [1.29, 1.82) is 0 Å². The molecule has 2 aliphatic rings. The molecule has 0 aliphatic carbocycles. The average Bonchev–Trinajstić information content (AvgIpc) is 2.87. The largest absolute Gasteiger partial charge is 0.474 e. The Hall–Kier alpha value is -3.37. The fourth-order valence-corrected chi connectivity index (χ4v) is 3.66. The summed E-state index contributed by atoms with van der Waals surface area (Å²) < 4.78 is 21.9. The molecule has 3 heterocycles. The van der Waals surface area contributed by atoms with E-state index in [1.165, 1.54) is 5.56 Å². The lowest BCUT2D eigenvalue weighted by Crippen LogP contribution is -2.41. The van der Waals surface area contributed by atoms with Crippen LogP contribution in [0.5, 0.6) is 5.88 Å². The van der Waals surface area contributed by atoms with Gasteiger partial charge in [0.1, 0.15) is 13.2 Å². The highest BCUT2D eigenvalue weighted by Gasteiger charge is 2.18. The number of carbonyl (C=O) groups excluding carboxylic acids is 1. The summed E-state index contributed by atoms with van der Waals surface area (Å²) in [6.07, 6.45) is 1.40. The lowest BCUT2D eigenvalue weighted by atomic mass is 10.2. The molecule has 4 rings (SSSR count). The number of hydrogen-bond acceptors (Lipinski definition) is 9. The smallest absolute Gasteiger partial charge is 0.410 e. The maximum Gasteiger partial charge on any atom is 0.410 e. The van der Waals surface area contributed by atoms with Crippen molar-refractivity contribution in [2.24, 2.45) is 5.10 Å². The average molecular weight is 470 g/mol. The van der Waals surface area contributed by atoms with E-state index in [4.69, 9.17) is 18.9 Å². The van der Waals surface area contributed by atoms with Gasteiger partial charge in [-0.25, -0.2) is 4.79 Å². The number of ether oxygens (including phenoxy) is 4. The molecular weight excluding hydrogens is 438 g/mol. The van der Waals surface area contributed by atoms with Gasteiger partial charge < -0.3 is 28.7 Å². The quantitative estimate of drug-likeness (QED) is 0.358. The monoisotopic (exact) mass is 469 g/mol. The van der Waals surface area contributed by atoms with Gasteiger partial charge in [-0.15, -0.1) is 0 Å². The molecule has 2 aliphatic heterocycles. The fraction of sp³-hybridized carbons (Fsp3) is 0.458. The molecule has 0 radical (unpaired) electrons. The predicted octanol–water partition coefficient (Wildman–Crippen LogP) is 2.52. The normalized spacial score (nSPS) is 16.5. The van der Waals surface area contributed by atoms with Gasteiger partial charge in [-0.1, -0.05) is 29.8 Å². The summed E-state index contributed by atoms with van der Waals surface area (Å²) in [5.41, 5.74) is 6.13. The molecule has 2 saturated heterocycles. The van der Waals surface area contributed by atoms with Crippen LogP contribution in [0.15, 0.2) is 41.5 Å². The highest BCUT2D eigenvalue weighted by Crippen LogP contribution is 2.25. The molecule has 0 saturated carbocycles. The van der Waals surface area contributed by atoms with Crippen LogP contribution in [-0.2, 0) is 14.2 Å². The topological polar surface area (TPSA) is 97.8 Å². The zero-order chi connectivity index (χ0) is 23.6. The summed E-state index contributed by atoms with van der Waals surface area (Å²) in [6.45, 7) is 7.43. The second kappa shape index (κ2) is 12.2. The highest BCUT2D eigenvalue weighted by molar-refractivity contribution is 5.80. The Morgan fingerprint density at radius 2 is 1.85 bits per heavy atom. The van der Waals surface area contributed by atoms with E-state index in [9.17, 15) is 4.79 Å². The van der Waals surface area contributed by atoms with E-state index < -0.39 is 0 Å². The van der Waals surface area contributed by atoms with Crippen LogP contribution < -0.4 is 15.1 Å². The maximum atomic E-state index is 12.1. The highest BCUT2D eigenvalue weighted by atomic mass is 16.6. The van der Waals surface area contributed by atoms with Crippen LogP contribution in [0.25, 0.3) is 0 Å². The van der Waals surface area contributed by atoms with E-state index in [1.54, 1.807) is 11.1 Å². The molecule has 0 bridgehead atoms. The van der Waals surface area contributed by atoms with E-state index in [-0.39, 0.29) is 19.3 Å². The minimum absolute atomic E-state index is 0.133. The standard InChI is InChI=1S/C24H31N5O5/c1-19-3-2-4-20(15-19)18-25-27-22-16-21(28-5-9-31-10-6-28)17-23(26-22)33-13-14-34-24(30)29-7-11-32-12-8-29/h2-4,15-18H,5-14H2,1H3,(H,26,27)/b25-18+. The van der Waals surface area contributed by atoms with Crippen LogP contribution in [0.1, 0.15) is 11.1 Å². The number of carbonyl (C=O) groups is 1. The molecule has 182 valence electrons. The molecule has 0 spiro atoms. The fourth-order valence-electron chi connectivity index (χ4n) is 3.66. The number of aryl methyl sites for hydroxylation is 1. The van der Waals surface area contributed by atoms with Gasteiger partial charge in [-0.2, -0.15) is 10.1 Å². The number of aromatic nitrogens is 1. The van der Waals surface area contributed by atoms with Crippen LogP contribution in [-0.4, -0.2) is 88.0 Å².